The van der Waals surface area contributed by atoms with Crippen molar-refractivity contribution in [3.8, 4) is 0 Å². The number of nitrogens with one attached hydrogen (secondary N) is 2. The van der Waals surface area contributed by atoms with E-state index in [2.05, 4.69) is 22.5 Å². The summed E-state index contributed by atoms with van der Waals surface area (Å²) in [5, 5.41) is 37.1. The van der Waals surface area contributed by atoms with Crippen LogP contribution >= 0.6 is 11.8 Å². The van der Waals surface area contributed by atoms with E-state index in [1.165, 1.54) is 11.8 Å². The van der Waals surface area contributed by atoms with E-state index in [1.807, 2.05) is 14.0 Å². The third-order valence-electron chi connectivity index (χ3n) is 6.13. The zero-order valence-electron chi connectivity index (χ0n) is 17.5. The first-order valence-corrected chi connectivity index (χ1v) is 11.4. The highest BCUT2D eigenvalue weighted by Crippen LogP contribution is 2.30. The maximum absolute atomic E-state index is 13.0. The molecule has 8 nitrogen and oxygen atoms in total. The predicted molar refractivity (Wildman–Crippen MR) is 110 cm³/mol. The number of likely N-dealkylation sites (N-methyl/N-ethyl adjacent to an activating group) is 2. The Morgan fingerprint density at radius 2 is 1.96 bits per heavy atom. The SMILES string of the molecule is CCC[C@@H]1C[C@@H](C(=O)N[C@@H](C2OC(SC)C(O)C(O)C2O)[C@H](C)NC)N(C)C1. The molecule has 9 atom stereocenters. The Morgan fingerprint density at radius 3 is 2.54 bits per heavy atom. The molecular weight excluding hydrogens is 382 g/mol. The minimum Gasteiger partial charge on any atom is -0.388 e. The second-order valence-electron chi connectivity index (χ2n) is 8.13. The quantitative estimate of drug-likeness (QED) is 0.353. The second kappa shape index (κ2) is 10.6. The molecule has 2 rings (SSSR count). The molecular formula is C19H37N3O5S. The minimum atomic E-state index is -1.33. The van der Waals surface area contributed by atoms with E-state index in [1.54, 1.807) is 13.3 Å². The first-order chi connectivity index (χ1) is 13.2. The summed E-state index contributed by atoms with van der Waals surface area (Å²) < 4.78 is 5.90. The third kappa shape index (κ3) is 5.19. The highest BCUT2D eigenvalue weighted by Gasteiger charge is 2.48. The number of aliphatic hydroxyl groups excluding tert-OH is 3. The van der Waals surface area contributed by atoms with Crippen LogP contribution in [0.1, 0.15) is 33.1 Å². The summed E-state index contributed by atoms with van der Waals surface area (Å²) in [4.78, 5) is 15.1. The summed E-state index contributed by atoms with van der Waals surface area (Å²) in [6.45, 7) is 4.95. The number of thioether (sulfide) groups is 1. The summed E-state index contributed by atoms with van der Waals surface area (Å²) >= 11 is 1.27. The molecule has 0 bridgehead atoms. The van der Waals surface area contributed by atoms with E-state index >= 15 is 0 Å². The fourth-order valence-corrected chi connectivity index (χ4v) is 5.01. The number of carbonyl (C=O) groups is 1. The number of ether oxygens (including phenoxy) is 1. The second-order valence-corrected chi connectivity index (χ2v) is 9.07. The van der Waals surface area contributed by atoms with Gasteiger partial charge in [0.25, 0.3) is 0 Å². The van der Waals surface area contributed by atoms with Crippen molar-refractivity contribution < 1.29 is 24.9 Å². The number of hydrogen-bond acceptors (Lipinski definition) is 8. The van der Waals surface area contributed by atoms with Crippen molar-refractivity contribution in [3.05, 3.63) is 0 Å². The van der Waals surface area contributed by atoms with Crippen LogP contribution < -0.4 is 10.6 Å². The number of amides is 1. The molecule has 2 aliphatic heterocycles. The fraction of sp³-hybridized carbons (Fsp3) is 0.947. The molecule has 0 aromatic rings. The highest BCUT2D eigenvalue weighted by molar-refractivity contribution is 7.99. The molecule has 5 N–H and O–H groups in total. The Hall–Kier alpha value is -0.420. The average molecular weight is 420 g/mol. The van der Waals surface area contributed by atoms with Gasteiger partial charge in [0, 0.05) is 12.6 Å². The van der Waals surface area contributed by atoms with Crippen molar-refractivity contribution in [2.24, 2.45) is 5.92 Å². The summed E-state index contributed by atoms with van der Waals surface area (Å²) in [6.07, 6.45) is 0.153. The van der Waals surface area contributed by atoms with Crippen LogP contribution in [0.2, 0.25) is 0 Å². The maximum Gasteiger partial charge on any atom is 0.237 e. The number of carbonyl (C=O) groups excluding carboxylic acids is 1. The van der Waals surface area contributed by atoms with Gasteiger partial charge in [-0.3, -0.25) is 9.69 Å². The van der Waals surface area contributed by atoms with Crippen molar-refractivity contribution in [2.45, 2.75) is 81.1 Å². The number of hydrogen-bond donors (Lipinski definition) is 5. The van der Waals surface area contributed by atoms with Crippen LogP contribution in [0.15, 0.2) is 0 Å². The van der Waals surface area contributed by atoms with Crippen molar-refractivity contribution in [3.63, 3.8) is 0 Å². The topological polar surface area (TPSA) is 114 Å². The maximum atomic E-state index is 13.0. The lowest BCUT2D eigenvalue weighted by Gasteiger charge is -2.44. The largest absolute Gasteiger partial charge is 0.388 e. The monoisotopic (exact) mass is 419 g/mol. The number of likely N-dealkylation sites (tertiary alicyclic amines) is 1. The molecule has 164 valence electrons. The standard InChI is InChI=1S/C19H37N3O5S/c1-6-7-11-8-12(22(4)9-11)18(26)21-13(10(2)20-3)17-15(24)14(23)16(25)19(27-17)28-5/h10-17,19-20,23-25H,6-9H2,1-5H3,(H,21,26)/t10-,11+,12-,13+,14?,15?,16?,17?,19?/m0/s1. The first-order valence-electron chi connectivity index (χ1n) is 10.1. The van der Waals surface area contributed by atoms with E-state index in [9.17, 15) is 20.1 Å². The Balaban J connectivity index is 2.14. The van der Waals surface area contributed by atoms with Gasteiger partial charge in [-0.15, -0.1) is 11.8 Å². The fourth-order valence-electron chi connectivity index (χ4n) is 4.33. The Kier molecular flexibility index (Phi) is 9.00. The summed E-state index contributed by atoms with van der Waals surface area (Å²) in [5.41, 5.74) is -0.671. The molecule has 2 fully saturated rings. The number of nitrogens with zero attached hydrogens (tertiary/aromatic N) is 1. The van der Waals surface area contributed by atoms with Crippen LogP contribution in [0.25, 0.3) is 0 Å². The summed E-state index contributed by atoms with van der Waals surface area (Å²) in [5.74, 6) is 0.422. The van der Waals surface area contributed by atoms with E-state index in [4.69, 9.17) is 4.74 Å². The van der Waals surface area contributed by atoms with Gasteiger partial charge in [-0.05, 0) is 46.0 Å². The van der Waals surface area contributed by atoms with Gasteiger partial charge in [-0.1, -0.05) is 13.3 Å². The van der Waals surface area contributed by atoms with Gasteiger partial charge in [0.15, 0.2) is 0 Å². The molecule has 0 saturated carbocycles. The van der Waals surface area contributed by atoms with Gasteiger partial charge in [-0.2, -0.15) is 0 Å². The zero-order chi connectivity index (χ0) is 21.0. The molecule has 2 heterocycles. The highest BCUT2D eigenvalue weighted by atomic mass is 32.2. The van der Waals surface area contributed by atoms with Gasteiger partial charge >= 0.3 is 0 Å². The van der Waals surface area contributed by atoms with Crippen LogP contribution in [0, 0.1) is 5.92 Å². The molecule has 0 spiro atoms. The molecule has 1 amide bonds. The summed E-state index contributed by atoms with van der Waals surface area (Å²) in [6, 6.07) is -0.967. The van der Waals surface area contributed by atoms with Crippen LogP contribution in [0.5, 0.6) is 0 Å². The van der Waals surface area contributed by atoms with Crippen molar-refractivity contribution in [2.75, 3.05) is 26.9 Å². The van der Waals surface area contributed by atoms with E-state index in [-0.39, 0.29) is 18.0 Å². The van der Waals surface area contributed by atoms with Crippen LogP contribution in [0.4, 0.5) is 0 Å². The molecule has 9 heteroatoms. The van der Waals surface area contributed by atoms with E-state index in [0.29, 0.717) is 5.92 Å². The zero-order valence-corrected chi connectivity index (χ0v) is 18.4. The molecule has 2 aliphatic rings. The van der Waals surface area contributed by atoms with Crippen LogP contribution in [0.3, 0.4) is 0 Å². The van der Waals surface area contributed by atoms with E-state index < -0.39 is 35.9 Å². The molecule has 2 saturated heterocycles. The lowest BCUT2D eigenvalue weighted by atomic mass is 9.91. The predicted octanol–water partition coefficient (Wildman–Crippen LogP) is -0.630. The van der Waals surface area contributed by atoms with Gasteiger partial charge in [0.2, 0.25) is 5.91 Å². The molecule has 28 heavy (non-hydrogen) atoms. The normalized spacial score (nSPS) is 38.9. The van der Waals surface area contributed by atoms with Gasteiger partial charge < -0.3 is 30.7 Å². The number of aliphatic hydroxyl groups is 3. The van der Waals surface area contributed by atoms with Crippen LogP contribution in [-0.4, -0.2) is 101 Å². The first kappa shape index (κ1) is 23.9. The third-order valence-corrected chi connectivity index (χ3v) is 6.98. The smallest absolute Gasteiger partial charge is 0.237 e. The van der Waals surface area contributed by atoms with Gasteiger partial charge in [0.05, 0.1) is 12.1 Å². The average Bonchev–Trinajstić information content (AvgIpc) is 3.05. The Labute approximate surface area is 172 Å². The lowest BCUT2D eigenvalue weighted by Crippen LogP contribution is -2.67. The van der Waals surface area contributed by atoms with E-state index in [0.717, 1.165) is 25.8 Å². The minimum absolute atomic E-state index is 0.0923. The molecule has 0 radical (unpaired) electrons. The van der Waals surface area contributed by atoms with Crippen LogP contribution in [-0.2, 0) is 9.53 Å². The molecule has 0 aliphatic carbocycles. The molecule has 0 aromatic heterocycles. The number of rotatable bonds is 8. The molecule has 5 unspecified atom stereocenters. The van der Waals surface area contributed by atoms with Gasteiger partial charge in [0.1, 0.15) is 29.9 Å². The Morgan fingerprint density at radius 1 is 1.29 bits per heavy atom. The Bertz CT molecular complexity index is 512. The summed E-state index contributed by atoms with van der Waals surface area (Å²) in [7, 11) is 3.74. The van der Waals surface area contributed by atoms with Gasteiger partial charge in [-0.25, -0.2) is 0 Å². The van der Waals surface area contributed by atoms with Crippen molar-refractivity contribution >= 4 is 17.7 Å². The van der Waals surface area contributed by atoms with Crippen molar-refractivity contribution in [1.29, 1.82) is 0 Å². The van der Waals surface area contributed by atoms with Crippen molar-refractivity contribution in [1.82, 2.24) is 15.5 Å². The lowest BCUT2D eigenvalue weighted by molar-refractivity contribution is -0.206. The molecule has 0 aromatic carbocycles.